The number of hydrogen-bond donors (Lipinski definition) is 2. The van der Waals surface area contributed by atoms with Crippen molar-refractivity contribution in [3.05, 3.63) is 5.69 Å². The Hall–Kier alpha value is -1.52. The monoisotopic (exact) mass is 236 g/mol. The van der Waals surface area contributed by atoms with Crippen LogP contribution in [0.25, 0.3) is 0 Å². The zero-order chi connectivity index (χ0) is 12.6. The number of aryl methyl sites for hydroxylation is 2. The van der Waals surface area contributed by atoms with Crippen LogP contribution in [0.15, 0.2) is 0 Å². The summed E-state index contributed by atoms with van der Waals surface area (Å²) in [5, 5.41) is 7.09. The van der Waals surface area contributed by atoms with E-state index in [1.165, 1.54) is 0 Å². The van der Waals surface area contributed by atoms with Crippen molar-refractivity contribution in [2.24, 2.45) is 18.9 Å². The maximum atomic E-state index is 12.1. The van der Waals surface area contributed by atoms with Gasteiger partial charge in [-0.05, 0) is 25.7 Å². The first-order valence-corrected chi connectivity index (χ1v) is 6.10. The number of nitrogens with one attached hydrogen (secondary N) is 1. The number of nitrogens with two attached hydrogens (primary N) is 1. The molecular weight excluding hydrogens is 216 g/mol. The number of aromatic nitrogens is 2. The van der Waals surface area contributed by atoms with E-state index in [2.05, 4.69) is 17.3 Å². The van der Waals surface area contributed by atoms with E-state index < -0.39 is 0 Å². The van der Waals surface area contributed by atoms with E-state index in [-0.39, 0.29) is 11.8 Å². The second-order valence-electron chi connectivity index (χ2n) is 4.98. The summed E-state index contributed by atoms with van der Waals surface area (Å²) in [6, 6.07) is 0. The summed E-state index contributed by atoms with van der Waals surface area (Å²) < 4.78 is 1.63. The van der Waals surface area contributed by atoms with E-state index in [9.17, 15) is 4.79 Å². The van der Waals surface area contributed by atoms with Crippen LogP contribution in [0.2, 0.25) is 0 Å². The first-order valence-electron chi connectivity index (χ1n) is 6.10. The molecule has 1 aliphatic rings. The molecule has 5 nitrogen and oxygen atoms in total. The molecule has 1 saturated carbocycles. The predicted molar refractivity (Wildman–Crippen MR) is 67.5 cm³/mol. The van der Waals surface area contributed by atoms with Crippen molar-refractivity contribution in [1.29, 1.82) is 0 Å². The summed E-state index contributed by atoms with van der Waals surface area (Å²) in [6.45, 7) is 3.97. The highest BCUT2D eigenvalue weighted by Crippen LogP contribution is 2.32. The van der Waals surface area contributed by atoms with Crippen LogP contribution in [0.3, 0.4) is 0 Å². The van der Waals surface area contributed by atoms with Crippen LogP contribution in [0.5, 0.6) is 0 Å². The molecule has 1 aliphatic carbocycles. The Labute approximate surface area is 101 Å². The van der Waals surface area contributed by atoms with Crippen LogP contribution in [-0.2, 0) is 11.8 Å². The molecule has 0 spiro atoms. The standard InChI is InChI=1S/C12H20N4O/c1-7-5-4-6-9(7)12(17)14-11-10(13)8(2)15-16(11)3/h7,9H,4-6,13H2,1-3H3,(H,14,17). The minimum absolute atomic E-state index is 0.0738. The van der Waals surface area contributed by atoms with Crippen molar-refractivity contribution in [1.82, 2.24) is 9.78 Å². The highest BCUT2D eigenvalue weighted by Gasteiger charge is 2.30. The molecule has 1 fully saturated rings. The Balaban J connectivity index is 2.13. The van der Waals surface area contributed by atoms with Crippen LogP contribution in [0, 0.1) is 18.8 Å². The van der Waals surface area contributed by atoms with Gasteiger partial charge in [0.2, 0.25) is 5.91 Å². The lowest BCUT2D eigenvalue weighted by Crippen LogP contribution is -2.26. The van der Waals surface area contributed by atoms with Crippen molar-refractivity contribution < 1.29 is 4.79 Å². The third kappa shape index (κ3) is 2.14. The van der Waals surface area contributed by atoms with Gasteiger partial charge in [-0.2, -0.15) is 5.10 Å². The van der Waals surface area contributed by atoms with E-state index in [1.54, 1.807) is 11.7 Å². The van der Waals surface area contributed by atoms with E-state index in [0.29, 0.717) is 17.4 Å². The molecule has 3 N–H and O–H groups in total. The molecule has 17 heavy (non-hydrogen) atoms. The number of anilines is 2. The van der Waals surface area contributed by atoms with Gasteiger partial charge in [-0.25, -0.2) is 0 Å². The molecule has 1 amide bonds. The van der Waals surface area contributed by atoms with Gasteiger partial charge in [0.05, 0.1) is 11.4 Å². The summed E-state index contributed by atoms with van der Waals surface area (Å²) >= 11 is 0. The summed E-state index contributed by atoms with van der Waals surface area (Å²) in [5.41, 5.74) is 7.20. The number of nitrogen functional groups attached to an aromatic ring is 1. The molecule has 1 aromatic heterocycles. The number of carbonyl (C=O) groups excluding carboxylic acids is 1. The summed E-state index contributed by atoms with van der Waals surface area (Å²) in [6.07, 6.45) is 3.25. The molecule has 2 rings (SSSR count). The van der Waals surface area contributed by atoms with Crippen molar-refractivity contribution in [2.75, 3.05) is 11.1 Å². The Morgan fingerprint density at radius 2 is 2.24 bits per heavy atom. The lowest BCUT2D eigenvalue weighted by molar-refractivity contribution is -0.120. The van der Waals surface area contributed by atoms with Gasteiger partial charge >= 0.3 is 0 Å². The molecule has 0 aromatic carbocycles. The molecule has 2 unspecified atom stereocenters. The normalized spacial score (nSPS) is 23.9. The van der Waals surface area contributed by atoms with Gasteiger partial charge < -0.3 is 11.1 Å². The maximum Gasteiger partial charge on any atom is 0.228 e. The minimum atomic E-state index is 0.0738. The van der Waals surface area contributed by atoms with Gasteiger partial charge in [0.1, 0.15) is 0 Å². The number of carbonyl (C=O) groups is 1. The zero-order valence-corrected chi connectivity index (χ0v) is 10.7. The van der Waals surface area contributed by atoms with Crippen LogP contribution in [0.4, 0.5) is 11.5 Å². The summed E-state index contributed by atoms with van der Waals surface area (Å²) in [5.74, 6) is 1.27. The Bertz CT molecular complexity index is 438. The van der Waals surface area contributed by atoms with Crippen molar-refractivity contribution in [2.45, 2.75) is 33.1 Å². The third-order valence-electron chi connectivity index (χ3n) is 3.71. The predicted octanol–water partition coefficient (Wildman–Crippen LogP) is 1.69. The average molecular weight is 236 g/mol. The summed E-state index contributed by atoms with van der Waals surface area (Å²) in [7, 11) is 1.79. The molecule has 94 valence electrons. The fourth-order valence-corrected chi connectivity index (χ4v) is 2.57. The summed E-state index contributed by atoms with van der Waals surface area (Å²) in [4.78, 5) is 12.1. The van der Waals surface area contributed by atoms with Gasteiger partial charge in [-0.3, -0.25) is 9.48 Å². The number of amides is 1. The minimum Gasteiger partial charge on any atom is -0.394 e. The van der Waals surface area contributed by atoms with Gasteiger partial charge in [0.25, 0.3) is 0 Å². The van der Waals surface area contributed by atoms with E-state index in [0.717, 1.165) is 25.0 Å². The lowest BCUT2D eigenvalue weighted by Gasteiger charge is -2.15. The van der Waals surface area contributed by atoms with Crippen LogP contribution in [0.1, 0.15) is 31.9 Å². The van der Waals surface area contributed by atoms with Crippen molar-refractivity contribution in [3.63, 3.8) is 0 Å². The van der Waals surface area contributed by atoms with Crippen LogP contribution in [-0.4, -0.2) is 15.7 Å². The zero-order valence-electron chi connectivity index (χ0n) is 10.7. The number of nitrogens with zero attached hydrogens (tertiary/aromatic N) is 2. The van der Waals surface area contributed by atoms with E-state index >= 15 is 0 Å². The lowest BCUT2D eigenvalue weighted by atomic mass is 9.97. The topological polar surface area (TPSA) is 72.9 Å². The molecule has 0 radical (unpaired) electrons. The fourth-order valence-electron chi connectivity index (χ4n) is 2.57. The van der Waals surface area contributed by atoms with Crippen LogP contribution < -0.4 is 11.1 Å². The molecule has 0 bridgehead atoms. The first-order chi connectivity index (χ1) is 8.00. The molecule has 0 saturated heterocycles. The molecule has 1 aromatic rings. The molecular formula is C12H20N4O. The number of hydrogen-bond acceptors (Lipinski definition) is 3. The van der Waals surface area contributed by atoms with Gasteiger partial charge in [-0.1, -0.05) is 13.3 Å². The molecule has 2 atom stereocenters. The average Bonchev–Trinajstić information content (AvgIpc) is 2.78. The van der Waals surface area contributed by atoms with Gasteiger partial charge in [0, 0.05) is 13.0 Å². The van der Waals surface area contributed by atoms with Crippen molar-refractivity contribution in [3.8, 4) is 0 Å². The molecule has 1 heterocycles. The number of rotatable bonds is 2. The quantitative estimate of drug-likeness (QED) is 0.820. The Kier molecular flexibility index (Phi) is 3.09. The smallest absolute Gasteiger partial charge is 0.228 e. The fraction of sp³-hybridized carbons (Fsp3) is 0.667. The molecule has 0 aliphatic heterocycles. The second kappa shape index (κ2) is 4.39. The largest absolute Gasteiger partial charge is 0.394 e. The van der Waals surface area contributed by atoms with Gasteiger partial charge in [-0.15, -0.1) is 0 Å². The SMILES string of the molecule is Cc1nn(C)c(NC(=O)C2CCCC2C)c1N. The second-order valence-corrected chi connectivity index (χ2v) is 4.98. The van der Waals surface area contributed by atoms with E-state index in [1.807, 2.05) is 6.92 Å². The third-order valence-corrected chi connectivity index (χ3v) is 3.71. The van der Waals surface area contributed by atoms with Crippen LogP contribution >= 0.6 is 0 Å². The first kappa shape index (κ1) is 12.0. The Morgan fingerprint density at radius 1 is 1.53 bits per heavy atom. The maximum absolute atomic E-state index is 12.1. The highest BCUT2D eigenvalue weighted by atomic mass is 16.2. The van der Waals surface area contributed by atoms with E-state index in [4.69, 9.17) is 5.73 Å². The highest BCUT2D eigenvalue weighted by molar-refractivity contribution is 5.94. The van der Waals surface area contributed by atoms with Crippen molar-refractivity contribution >= 4 is 17.4 Å². The van der Waals surface area contributed by atoms with Gasteiger partial charge in [0.15, 0.2) is 5.82 Å². The molecule has 5 heteroatoms. The Morgan fingerprint density at radius 3 is 2.71 bits per heavy atom.